The molecule has 0 atom stereocenters. The number of anilines is 1. The minimum absolute atomic E-state index is 0.652. The van der Waals surface area contributed by atoms with Gasteiger partial charge in [0.05, 0.1) is 23.8 Å². The zero-order valence-electron chi connectivity index (χ0n) is 11.8. The molecule has 5 nitrogen and oxygen atoms in total. The highest BCUT2D eigenvalue weighted by Gasteiger charge is 2.12. The third-order valence-corrected chi connectivity index (χ3v) is 3.33. The maximum Gasteiger partial charge on any atom is 0.119 e. The van der Waals surface area contributed by atoms with Gasteiger partial charge in [0.25, 0.3) is 0 Å². The van der Waals surface area contributed by atoms with Crippen molar-refractivity contribution in [1.29, 1.82) is 0 Å². The van der Waals surface area contributed by atoms with E-state index in [0.29, 0.717) is 5.69 Å². The second-order valence-electron chi connectivity index (χ2n) is 5.07. The van der Waals surface area contributed by atoms with Crippen molar-refractivity contribution < 1.29 is 0 Å². The van der Waals surface area contributed by atoms with Gasteiger partial charge in [-0.1, -0.05) is 12.1 Å². The van der Waals surface area contributed by atoms with Gasteiger partial charge in [0.1, 0.15) is 5.69 Å². The van der Waals surface area contributed by atoms with Crippen LogP contribution in [0, 0.1) is 13.8 Å². The Morgan fingerprint density at radius 1 is 1.15 bits per heavy atom. The van der Waals surface area contributed by atoms with Crippen molar-refractivity contribution in [3.63, 3.8) is 0 Å². The van der Waals surface area contributed by atoms with Gasteiger partial charge in [-0.15, -0.1) is 0 Å². The summed E-state index contributed by atoms with van der Waals surface area (Å²) in [7, 11) is 1.88. The highest BCUT2D eigenvalue weighted by Crippen LogP contribution is 2.26. The Morgan fingerprint density at radius 3 is 2.65 bits per heavy atom. The molecule has 2 aromatic heterocycles. The number of nitrogens with two attached hydrogens (primary N) is 1. The van der Waals surface area contributed by atoms with Crippen LogP contribution in [0.5, 0.6) is 0 Å². The van der Waals surface area contributed by atoms with Crippen LogP contribution in [0.25, 0.3) is 16.9 Å². The number of nitrogens with zero attached hydrogens (tertiary/aromatic N) is 4. The molecular formula is C15H17N5. The van der Waals surface area contributed by atoms with Crippen LogP contribution in [-0.2, 0) is 7.05 Å². The van der Waals surface area contributed by atoms with Gasteiger partial charge in [-0.3, -0.25) is 4.68 Å². The average molecular weight is 267 g/mol. The lowest BCUT2D eigenvalue weighted by molar-refractivity contribution is 0.768. The molecule has 0 aliphatic heterocycles. The first-order chi connectivity index (χ1) is 9.54. The van der Waals surface area contributed by atoms with Crippen molar-refractivity contribution in [2.24, 2.45) is 7.05 Å². The molecule has 0 spiro atoms. The van der Waals surface area contributed by atoms with Gasteiger partial charge < -0.3 is 5.73 Å². The minimum Gasteiger partial charge on any atom is -0.396 e. The molecule has 3 aromatic rings. The van der Waals surface area contributed by atoms with Crippen LogP contribution in [0.1, 0.15) is 11.1 Å². The molecule has 1 aromatic carbocycles. The lowest BCUT2D eigenvalue weighted by atomic mass is 10.1. The van der Waals surface area contributed by atoms with Crippen molar-refractivity contribution in [1.82, 2.24) is 19.6 Å². The third kappa shape index (κ3) is 2.07. The van der Waals surface area contributed by atoms with Gasteiger partial charge in [0.15, 0.2) is 0 Å². The predicted octanol–water partition coefficient (Wildman–Crippen LogP) is 2.47. The van der Waals surface area contributed by atoms with Crippen molar-refractivity contribution in [3.05, 3.63) is 47.9 Å². The van der Waals surface area contributed by atoms with Crippen LogP contribution in [-0.4, -0.2) is 19.6 Å². The van der Waals surface area contributed by atoms with E-state index in [4.69, 9.17) is 5.73 Å². The standard InChI is InChI=1S/C15H17N5/c1-10-4-5-11(2)14(6-10)20-9-13(16)15(18-20)12-7-17-19(3)8-12/h4-9H,16H2,1-3H3. The molecule has 2 heterocycles. The Kier molecular flexibility index (Phi) is 2.82. The Morgan fingerprint density at radius 2 is 1.95 bits per heavy atom. The fourth-order valence-corrected chi connectivity index (χ4v) is 2.24. The van der Waals surface area contributed by atoms with E-state index in [1.54, 1.807) is 10.9 Å². The molecule has 0 bridgehead atoms. The first-order valence-corrected chi connectivity index (χ1v) is 6.46. The monoisotopic (exact) mass is 267 g/mol. The Labute approximate surface area is 117 Å². The van der Waals surface area contributed by atoms with Crippen LogP contribution >= 0.6 is 0 Å². The molecule has 0 radical (unpaired) electrons. The summed E-state index contributed by atoms with van der Waals surface area (Å²) in [6.45, 7) is 4.13. The highest BCUT2D eigenvalue weighted by molar-refractivity contribution is 5.71. The summed E-state index contributed by atoms with van der Waals surface area (Å²) in [5.74, 6) is 0. The molecule has 102 valence electrons. The molecule has 0 unspecified atom stereocenters. The van der Waals surface area contributed by atoms with E-state index in [1.807, 2.05) is 24.1 Å². The lowest BCUT2D eigenvalue weighted by Crippen LogP contribution is -1.98. The second kappa shape index (κ2) is 4.52. The van der Waals surface area contributed by atoms with Crippen LogP contribution in [0.4, 0.5) is 5.69 Å². The van der Waals surface area contributed by atoms with Crippen molar-refractivity contribution in [2.75, 3.05) is 5.73 Å². The Balaban J connectivity index is 2.11. The number of benzene rings is 1. The van der Waals surface area contributed by atoms with Crippen LogP contribution in [0.15, 0.2) is 36.8 Å². The predicted molar refractivity (Wildman–Crippen MR) is 79.7 cm³/mol. The third-order valence-electron chi connectivity index (χ3n) is 3.33. The molecule has 0 amide bonds. The van der Waals surface area contributed by atoms with Crippen molar-refractivity contribution in [3.8, 4) is 16.9 Å². The first kappa shape index (κ1) is 12.5. The SMILES string of the molecule is Cc1ccc(C)c(-n2cc(N)c(-c3cnn(C)c3)n2)c1. The number of hydrogen-bond donors (Lipinski definition) is 1. The lowest BCUT2D eigenvalue weighted by Gasteiger charge is -2.06. The van der Waals surface area contributed by atoms with Crippen LogP contribution in [0.3, 0.4) is 0 Å². The molecule has 2 N–H and O–H groups in total. The Hall–Kier alpha value is -2.56. The number of aromatic nitrogens is 4. The van der Waals surface area contributed by atoms with E-state index >= 15 is 0 Å². The van der Waals surface area contributed by atoms with E-state index < -0.39 is 0 Å². The van der Waals surface area contributed by atoms with Crippen LogP contribution in [0.2, 0.25) is 0 Å². The second-order valence-corrected chi connectivity index (χ2v) is 5.07. The number of aryl methyl sites for hydroxylation is 3. The van der Waals surface area contributed by atoms with Crippen molar-refractivity contribution >= 4 is 5.69 Å². The molecule has 0 saturated carbocycles. The first-order valence-electron chi connectivity index (χ1n) is 6.46. The van der Waals surface area contributed by atoms with Gasteiger partial charge in [0.2, 0.25) is 0 Å². The maximum absolute atomic E-state index is 6.09. The summed E-state index contributed by atoms with van der Waals surface area (Å²) in [5.41, 5.74) is 11.8. The number of rotatable bonds is 2. The summed E-state index contributed by atoms with van der Waals surface area (Å²) in [6.07, 6.45) is 5.53. The largest absolute Gasteiger partial charge is 0.396 e. The smallest absolute Gasteiger partial charge is 0.119 e. The van der Waals surface area contributed by atoms with E-state index in [2.05, 4.69) is 42.2 Å². The molecule has 0 aliphatic rings. The van der Waals surface area contributed by atoms with Gasteiger partial charge in [-0.25, -0.2) is 4.68 Å². The van der Waals surface area contributed by atoms with Crippen molar-refractivity contribution in [2.45, 2.75) is 13.8 Å². The summed E-state index contributed by atoms with van der Waals surface area (Å²) in [6, 6.07) is 6.29. The number of hydrogen-bond acceptors (Lipinski definition) is 3. The molecular weight excluding hydrogens is 250 g/mol. The van der Waals surface area contributed by atoms with Gasteiger partial charge >= 0.3 is 0 Å². The summed E-state index contributed by atoms with van der Waals surface area (Å²) < 4.78 is 3.58. The zero-order valence-corrected chi connectivity index (χ0v) is 11.8. The minimum atomic E-state index is 0.652. The molecule has 5 heteroatoms. The van der Waals surface area contributed by atoms with E-state index in [-0.39, 0.29) is 0 Å². The molecule has 0 saturated heterocycles. The summed E-state index contributed by atoms with van der Waals surface area (Å²) in [5, 5.41) is 8.76. The van der Waals surface area contributed by atoms with E-state index in [1.165, 1.54) is 5.56 Å². The maximum atomic E-state index is 6.09. The Bertz CT molecular complexity index is 766. The fraction of sp³-hybridized carbons (Fsp3) is 0.200. The molecule has 0 aliphatic carbocycles. The van der Waals surface area contributed by atoms with E-state index in [0.717, 1.165) is 22.5 Å². The van der Waals surface area contributed by atoms with Gasteiger partial charge in [0, 0.05) is 18.8 Å². The molecule has 0 fully saturated rings. The summed E-state index contributed by atoms with van der Waals surface area (Å²) in [4.78, 5) is 0. The average Bonchev–Trinajstić information content (AvgIpc) is 2.98. The quantitative estimate of drug-likeness (QED) is 0.776. The van der Waals surface area contributed by atoms with E-state index in [9.17, 15) is 0 Å². The number of nitrogen functional groups attached to an aromatic ring is 1. The highest BCUT2D eigenvalue weighted by atomic mass is 15.3. The normalized spacial score (nSPS) is 10.9. The van der Waals surface area contributed by atoms with Gasteiger partial charge in [-0.05, 0) is 31.0 Å². The van der Waals surface area contributed by atoms with Gasteiger partial charge in [-0.2, -0.15) is 10.2 Å². The zero-order chi connectivity index (χ0) is 14.3. The van der Waals surface area contributed by atoms with Crippen LogP contribution < -0.4 is 5.73 Å². The molecule has 3 rings (SSSR count). The fourth-order valence-electron chi connectivity index (χ4n) is 2.24. The summed E-state index contributed by atoms with van der Waals surface area (Å²) >= 11 is 0. The topological polar surface area (TPSA) is 61.7 Å². The molecule has 20 heavy (non-hydrogen) atoms.